The second kappa shape index (κ2) is 18.2. The molecule has 41 heavy (non-hydrogen) atoms. The van der Waals surface area contributed by atoms with E-state index in [0.29, 0.717) is 31.1 Å². The molecule has 1 aliphatic carbocycles. The second-order valence-corrected chi connectivity index (χ2v) is 12.1. The molecule has 6 nitrogen and oxygen atoms in total. The molecule has 0 aliphatic heterocycles. The van der Waals surface area contributed by atoms with E-state index in [4.69, 9.17) is 14.2 Å². The number of hydrogen-bond donors (Lipinski definition) is 1. The Kier molecular flexibility index (Phi) is 14.8. The first-order valence-corrected chi connectivity index (χ1v) is 16.6. The van der Waals surface area contributed by atoms with Gasteiger partial charge in [0.25, 0.3) is 5.91 Å². The second-order valence-electron chi connectivity index (χ2n) is 11.1. The van der Waals surface area contributed by atoms with Crippen molar-refractivity contribution in [1.29, 1.82) is 0 Å². The third-order valence-electron chi connectivity index (χ3n) is 7.92. The summed E-state index contributed by atoms with van der Waals surface area (Å²) >= 11 is 1.63. The first-order chi connectivity index (χ1) is 20.0. The standard InChI is InChI=1S/C34H49NO5S/c1-5-6-19-39-24-28(21-26-13-8-7-9-14-26)40-23-27-16-17-30(31(22-27)29-15-11-10-12-25(29)2)33(36)35-32(18-20-41-4)34(37)38-3/h10-12,15-17,22,26,28,32H,5-9,13-14,18-21,23-24H2,1-4H3,(H,35,36)/t28-,32-/m0/s1. The number of rotatable bonds is 17. The number of unbranched alkanes of at least 4 members (excludes halogenated alkanes) is 1. The Morgan fingerprint density at radius 2 is 1.85 bits per heavy atom. The number of aryl methyl sites for hydroxylation is 1. The summed E-state index contributed by atoms with van der Waals surface area (Å²) in [7, 11) is 1.35. The van der Waals surface area contributed by atoms with Gasteiger partial charge in [-0.05, 0) is 78.5 Å². The molecule has 226 valence electrons. The van der Waals surface area contributed by atoms with Crippen molar-refractivity contribution >= 4 is 23.6 Å². The third kappa shape index (κ3) is 10.8. The minimum Gasteiger partial charge on any atom is -0.467 e. The van der Waals surface area contributed by atoms with Crippen LogP contribution in [0.15, 0.2) is 42.5 Å². The van der Waals surface area contributed by atoms with Crippen molar-refractivity contribution in [3.05, 3.63) is 59.2 Å². The molecule has 0 heterocycles. The monoisotopic (exact) mass is 583 g/mol. The van der Waals surface area contributed by atoms with Crippen LogP contribution < -0.4 is 5.32 Å². The molecule has 0 spiro atoms. The highest BCUT2D eigenvalue weighted by atomic mass is 32.2. The van der Waals surface area contributed by atoms with E-state index in [2.05, 4.69) is 18.3 Å². The quantitative estimate of drug-likeness (QED) is 0.155. The van der Waals surface area contributed by atoms with Gasteiger partial charge in [0.2, 0.25) is 0 Å². The first kappa shape index (κ1) is 33.2. The topological polar surface area (TPSA) is 73.9 Å². The summed E-state index contributed by atoms with van der Waals surface area (Å²) < 4.78 is 17.5. The average Bonchev–Trinajstić information content (AvgIpc) is 3.00. The fourth-order valence-electron chi connectivity index (χ4n) is 5.49. The SMILES string of the molecule is CCCCOC[C@H](CC1CCCCC1)OCc1ccc(C(=O)N[C@@H](CCSC)C(=O)OC)c(-c2ccccc2C)c1. The number of nitrogens with one attached hydrogen (secondary N) is 1. The van der Waals surface area contributed by atoms with Crippen molar-refractivity contribution in [2.45, 2.75) is 90.4 Å². The lowest BCUT2D eigenvalue weighted by Gasteiger charge is -2.27. The minimum atomic E-state index is -0.694. The van der Waals surface area contributed by atoms with Crippen LogP contribution in [0.1, 0.15) is 86.2 Å². The highest BCUT2D eigenvalue weighted by Crippen LogP contribution is 2.31. The Balaban J connectivity index is 1.81. The molecular weight excluding hydrogens is 534 g/mol. The van der Waals surface area contributed by atoms with Crippen molar-refractivity contribution in [2.75, 3.05) is 32.3 Å². The van der Waals surface area contributed by atoms with Crippen LogP contribution >= 0.6 is 11.8 Å². The fourth-order valence-corrected chi connectivity index (χ4v) is 5.97. The molecule has 2 atom stereocenters. The lowest BCUT2D eigenvalue weighted by atomic mass is 9.85. The highest BCUT2D eigenvalue weighted by molar-refractivity contribution is 7.98. The predicted molar refractivity (Wildman–Crippen MR) is 168 cm³/mol. The number of thioether (sulfide) groups is 1. The van der Waals surface area contributed by atoms with Crippen molar-refractivity contribution in [3.63, 3.8) is 0 Å². The summed E-state index contributed by atoms with van der Waals surface area (Å²) in [6, 6.07) is 13.2. The molecule has 1 fully saturated rings. The molecule has 0 saturated heterocycles. The van der Waals surface area contributed by atoms with Crippen LogP contribution in [0, 0.1) is 12.8 Å². The van der Waals surface area contributed by atoms with Crippen molar-refractivity contribution in [1.82, 2.24) is 5.32 Å². The molecule has 2 aromatic carbocycles. The van der Waals surface area contributed by atoms with Crippen LogP contribution in [0.2, 0.25) is 0 Å². The van der Waals surface area contributed by atoms with Gasteiger partial charge in [0.05, 0.1) is 26.4 Å². The lowest BCUT2D eigenvalue weighted by molar-refractivity contribution is -0.142. The largest absolute Gasteiger partial charge is 0.467 e. The van der Waals surface area contributed by atoms with Crippen molar-refractivity contribution in [3.8, 4) is 11.1 Å². The number of hydrogen-bond acceptors (Lipinski definition) is 6. The van der Waals surface area contributed by atoms with Crippen molar-refractivity contribution < 1.29 is 23.8 Å². The van der Waals surface area contributed by atoms with E-state index >= 15 is 0 Å². The maximum atomic E-state index is 13.5. The molecule has 1 amide bonds. The summed E-state index contributed by atoms with van der Waals surface area (Å²) in [4.78, 5) is 25.9. The average molecular weight is 584 g/mol. The van der Waals surface area contributed by atoms with Crippen molar-refractivity contribution in [2.24, 2.45) is 5.92 Å². The summed E-state index contributed by atoms with van der Waals surface area (Å²) in [5.41, 5.74) is 4.43. The van der Waals surface area contributed by atoms with Crippen LogP contribution in [0.25, 0.3) is 11.1 Å². The van der Waals surface area contributed by atoms with E-state index in [9.17, 15) is 9.59 Å². The number of esters is 1. The molecule has 0 radical (unpaired) electrons. The van der Waals surface area contributed by atoms with Gasteiger partial charge in [-0.1, -0.05) is 75.8 Å². The Hall–Kier alpha value is -2.35. The van der Waals surface area contributed by atoms with E-state index in [1.165, 1.54) is 39.2 Å². The Morgan fingerprint density at radius 3 is 2.56 bits per heavy atom. The number of methoxy groups -OCH3 is 1. The predicted octanol–water partition coefficient (Wildman–Crippen LogP) is 7.36. The first-order valence-electron chi connectivity index (χ1n) is 15.2. The smallest absolute Gasteiger partial charge is 0.328 e. The molecular formula is C34H49NO5S. The van der Waals surface area contributed by atoms with E-state index in [1.807, 2.05) is 49.6 Å². The zero-order valence-corrected chi connectivity index (χ0v) is 26.2. The van der Waals surface area contributed by atoms with Gasteiger partial charge in [0, 0.05) is 12.2 Å². The minimum absolute atomic E-state index is 0.0529. The molecule has 0 unspecified atom stereocenters. The molecule has 2 aromatic rings. The Bertz CT molecular complexity index is 1080. The van der Waals surface area contributed by atoms with E-state index in [1.54, 1.807) is 11.8 Å². The van der Waals surface area contributed by atoms with Gasteiger partial charge in [-0.2, -0.15) is 11.8 Å². The molecule has 3 rings (SSSR count). The van der Waals surface area contributed by atoms with Gasteiger partial charge < -0.3 is 19.5 Å². The third-order valence-corrected chi connectivity index (χ3v) is 8.56. The zero-order valence-electron chi connectivity index (χ0n) is 25.4. The number of carbonyl (C=O) groups excluding carboxylic acids is 2. The van der Waals surface area contributed by atoms with Crippen LogP contribution in [0.5, 0.6) is 0 Å². The summed E-state index contributed by atoms with van der Waals surface area (Å²) in [6.07, 6.45) is 12.3. The molecule has 1 saturated carbocycles. The fraction of sp³-hybridized carbons (Fsp3) is 0.588. The van der Waals surface area contributed by atoms with Gasteiger partial charge in [0.1, 0.15) is 6.04 Å². The number of ether oxygens (including phenoxy) is 3. The highest BCUT2D eigenvalue weighted by Gasteiger charge is 2.24. The Morgan fingerprint density at radius 1 is 1.07 bits per heavy atom. The lowest BCUT2D eigenvalue weighted by Crippen LogP contribution is -2.42. The van der Waals surface area contributed by atoms with Gasteiger partial charge in [-0.3, -0.25) is 4.79 Å². The van der Waals surface area contributed by atoms with E-state index in [-0.39, 0.29) is 12.0 Å². The number of carbonyl (C=O) groups is 2. The molecule has 0 bridgehead atoms. The van der Waals surface area contributed by atoms with E-state index in [0.717, 1.165) is 53.9 Å². The van der Waals surface area contributed by atoms with Crippen LogP contribution in [-0.2, 0) is 25.6 Å². The van der Waals surface area contributed by atoms with Gasteiger partial charge in [-0.15, -0.1) is 0 Å². The Labute approximate surface area is 251 Å². The van der Waals surface area contributed by atoms with Crippen LogP contribution in [0.4, 0.5) is 0 Å². The van der Waals surface area contributed by atoms with Gasteiger partial charge >= 0.3 is 5.97 Å². The van der Waals surface area contributed by atoms with Crippen LogP contribution in [-0.4, -0.2) is 56.4 Å². The molecule has 7 heteroatoms. The molecule has 1 N–H and O–H groups in total. The normalized spacial score (nSPS) is 15.3. The summed E-state index contributed by atoms with van der Waals surface area (Å²) in [6.45, 7) is 6.06. The maximum Gasteiger partial charge on any atom is 0.328 e. The van der Waals surface area contributed by atoms with Crippen LogP contribution in [0.3, 0.4) is 0 Å². The molecule has 0 aromatic heterocycles. The summed E-state index contributed by atoms with van der Waals surface area (Å²) in [5, 5.41) is 2.92. The molecule has 1 aliphatic rings. The maximum absolute atomic E-state index is 13.5. The summed E-state index contributed by atoms with van der Waals surface area (Å²) in [5.74, 6) is 0.725. The van der Waals surface area contributed by atoms with Gasteiger partial charge in [-0.25, -0.2) is 4.79 Å². The van der Waals surface area contributed by atoms with Gasteiger partial charge in [0.15, 0.2) is 0 Å². The number of benzene rings is 2. The number of amides is 1. The zero-order chi connectivity index (χ0) is 29.5. The van der Waals surface area contributed by atoms with E-state index < -0.39 is 12.0 Å².